The predicted molar refractivity (Wildman–Crippen MR) is 48.6 cm³/mol. The summed E-state index contributed by atoms with van der Waals surface area (Å²) in [4.78, 5) is 0. The Labute approximate surface area is 74.7 Å². The van der Waals surface area contributed by atoms with Crippen molar-refractivity contribution in [2.75, 3.05) is 0 Å². The summed E-state index contributed by atoms with van der Waals surface area (Å²) in [6, 6.07) is 0. The molecule has 4 fully saturated rings. The third-order valence-corrected chi connectivity index (χ3v) is 6.53. The lowest BCUT2D eigenvalue weighted by atomic mass is 10.1. The molecular formula is C12H18. The molecule has 0 bridgehead atoms. The Morgan fingerprint density at radius 2 is 1.58 bits per heavy atom. The fourth-order valence-corrected chi connectivity index (χ4v) is 5.27. The first-order valence-electron chi connectivity index (χ1n) is 5.61. The highest BCUT2D eigenvalue weighted by Crippen LogP contribution is 3.04. The molecule has 0 aromatic carbocycles. The fourth-order valence-electron chi connectivity index (χ4n) is 5.27. The zero-order valence-electron chi connectivity index (χ0n) is 8.35. The molecule has 12 heavy (non-hydrogen) atoms. The lowest BCUT2D eigenvalue weighted by Gasteiger charge is -1.91. The van der Waals surface area contributed by atoms with Crippen LogP contribution in [0.2, 0.25) is 0 Å². The molecule has 5 unspecified atom stereocenters. The van der Waals surface area contributed by atoms with Gasteiger partial charge < -0.3 is 0 Å². The van der Waals surface area contributed by atoms with Crippen molar-refractivity contribution >= 4 is 0 Å². The third kappa shape index (κ3) is 0.337. The summed E-state index contributed by atoms with van der Waals surface area (Å²) in [5.74, 6) is 3.24. The number of fused-ring (bicyclic) bond motifs is 2. The first-order chi connectivity index (χ1) is 5.61. The SMILES string of the molecule is CC1CC12CC21CC12C(C)C2C. The highest BCUT2D eigenvalue weighted by Gasteiger charge is 2.98. The van der Waals surface area contributed by atoms with Gasteiger partial charge in [0.05, 0.1) is 0 Å². The van der Waals surface area contributed by atoms with E-state index in [1.807, 2.05) is 0 Å². The maximum absolute atomic E-state index is 2.48. The average molecular weight is 162 g/mol. The molecule has 0 N–H and O–H groups in total. The highest BCUT2D eigenvalue weighted by molar-refractivity contribution is 5.46. The van der Waals surface area contributed by atoms with Crippen molar-refractivity contribution in [1.29, 1.82) is 0 Å². The molecule has 5 atom stereocenters. The Hall–Kier alpha value is 0. The molecule has 4 aliphatic rings. The zero-order valence-corrected chi connectivity index (χ0v) is 8.35. The van der Waals surface area contributed by atoms with Gasteiger partial charge in [0.1, 0.15) is 0 Å². The summed E-state index contributed by atoms with van der Waals surface area (Å²) in [6.45, 7) is 7.44. The smallest absolute Gasteiger partial charge is 0.0165 e. The maximum atomic E-state index is 2.48. The van der Waals surface area contributed by atoms with Gasteiger partial charge in [0.15, 0.2) is 0 Å². The Balaban J connectivity index is 1.70. The van der Waals surface area contributed by atoms with Crippen molar-refractivity contribution in [2.24, 2.45) is 34.0 Å². The van der Waals surface area contributed by atoms with E-state index < -0.39 is 0 Å². The van der Waals surface area contributed by atoms with E-state index in [-0.39, 0.29) is 0 Å². The molecule has 0 aliphatic heterocycles. The van der Waals surface area contributed by atoms with Crippen LogP contribution < -0.4 is 0 Å². The first kappa shape index (κ1) is 6.45. The summed E-state index contributed by atoms with van der Waals surface area (Å²) < 4.78 is 0. The normalized spacial score (nSPS) is 81.8. The summed E-state index contributed by atoms with van der Waals surface area (Å²) >= 11 is 0. The van der Waals surface area contributed by atoms with Crippen molar-refractivity contribution in [2.45, 2.75) is 40.0 Å². The molecule has 0 heteroatoms. The van der Waals surface area contributed by atoms with Gasteiger partial charge in [-0.3, -0.25) is 0 Å². The van der Waals surface area contributed by atoms with Crippen LogP contribution in [0.15, 0.2) is 0 Å². The predicted octanol–water partition coefficient (Wildman–Crippen LogP) is 3.08. The van der Waals surface area contributed by atoms with Crippen LogP contribution in [0.4, 0.5) is 0 Å². The first-order valence-corrected chi connectivity index (χ1v) is 5.61. The summed E-state index contributed by atoms with van der Waals surface area (Å²) in [7, 11) is 0. The molecule has 0 nitrogen and oxygen atoms in total. The van der Waals surface area contributed by atoms with Gasteiger partial charge in [-0.2, -0.15) is 0 Å². The van der Waals surface area contributed by atoms with Crippen LogP contribution in [-0.2, 0) is 0 Å². The van der Waals surface area contributed by atoms with E-state index in [0.29, 0.717) is 0 Å². The minimum absolute atomic E-state index is 0.901. The summed E-state index contributed by atoms with van der Waals surface area (Å²) in [5.41, 5.74) is 2.75. The lowest BCUT2D eigenvalue weighted by molar-refractivity contribution is 0.550. The standard InChI is InChI=1S/C12H18/c1-7-4-10(7)5-11(10)6-12(11)8(2)9(12)3/h7-9H,4-6H2,1-3H3. The van der Waals surface area contributed by atoms with Gasteiger partial charge in [-0.25, -0.2) is 0 Å². The number of rotatable bonds is 0. The monoisotopic (exact) mass is 162 g/mol. The van der Waals surface area contributed by atoms with Crippen LogP contribution in [-0.4, -0.2) is 0 Å². The van der Waals surface area contributed by atoms with Crippen LogP contribution in [0.1, 0.15) is 40.0 Å². The minimum atomic E-state index is 0.901. The second kappa shape index (κ2) is 1.22. The van der Waals surface area contributed by atoms with Crippen LogP contribution >= 0.6 is 0 Å². The third-order valence-electron chi connectivity index (χ3n) is 6.53. The van der Waals surface area contributed by atoms with Crippen molar-refractivity contribution in [1.82, 2.24) is 0 Å². The summed E-state index contributed by atoms with van der Waals surface area (Å²) in [6.07, 6.45) is 4.82. The quantitative estimate of drug-likeness (QED) is 0.513. The van der Waals surface area contributed by atoms with E-state index in [1.165, 1.54) is 0 Å². The van der Waals surface area contributed by atoms with Gasteiger partial charge in [-0.15, -0.1) is 0 Å². The number of hydrogen-bond donors (Lipinski definition) is 0. The van der Waals surface area contributed by atoms with Crippen LogP contribution in [0.3, 0.4) is 0 Å². The van der Waals surface area contributed by atoms with E-state index in [2.05, 4.69) is 20.8 Å². The van der Waals surface area contributed by atoms with E-state index in [4.69, 9.17) is 0 Å². The second-order valence-corrected chi connectivity index (χ2v) is 6.31. The molecule has 0 saturated heterocycles. The molecule has 4 rings (SSSR count). The highest BCUT2D eigenvalue weighted by atomic mass is 15.0. The fraction of sp³-hybridized carbons (Fsp3) is 1.00. The van der Waals surface area contributed by atoms with Gasteiger partial charge in [-0.05, 0) is 53.3 Å². The molecule has 66 valence electrons. The van der Waals surface area contributed by atoms with Gasteiger partial charge in [0.25, 0.3) is 0 Å². The second-order valence-electron chi connectivity index (χ2n) is 6.31. The summed E-state index contributed by atoms with van der Waals surface area (Å²) in [5, 5.41) is 0. The van der Waals surface area contributed by atoms with Crippen LogP contribution in [0, 0.1) is 34.0 Å². The largest absolute Gasteiger partial charge is 0.0619 e. The molecule has 0 aromatic rings. The zero-order chi connectivity index (χ0) is 8.35. The van der Waals surface area contributed by atoms with Gasteiger partial charge in [0, 0.05) is 0 Å². The van der Waals surface area contributed by atoms with Crippen molar-refractivity contribution in [3.05, 3.63) is 0 Å². The van der Waals surface area contributed by atoms with Crippen molar-refractivity contribution < 1.29 is 0 Å². The van der Waals surface area contributed by atoms with Crippen LogP contribution in [0.25, 0.3) is 0 Å². The number of hydrogen-bond acceptors (Lipinski definition) is 0. The Bertz CT molecular complexity index is 284. The molecule has 4 saturated carbocycles. The van der Waals surface area contributed by atoms with E-state index in [0.717, 1.165) is 34.0 Å². The van der Waals surface area contributed by atoms with Gasteiger partial charge in [0.2, 0.25) is 0 Å². The van der Waals surface area contributed by atoms with Crippen molar-refractivity contribution in [3.8, 4) is 0 Å². The minimum Gasteiger partial charge on any atom is -0.0619 e. The van der Waals surface area contributed by atoms with E-state index in [1.54, 1.807) is 19.3 Å². The molecule has 4 aliphatic carbocycles. The Kier molecular flexibility index (Phi) is 0.657. The average Bonchev–Trinajstić information content (AvgIpc) is 2.93. The topological polar surface area (TPSA) is 0 Å². The maximum Gasteiger partial charge on any atom is -0.0165 e. The van der Waals surface area contributed by atoms with E-state index >= 15 is 0 Å². The van der Waals surface area contributed by atoms with Gasteiger partial charge in [-0.1, -0.05) is 20.8 Å². The molecule has 0 amide bonds. The lowest BCUT2D eigenvalue weighted by Crippen LogP contribution is -1.88. The molecule has 0 aromatic heterocycles. The van der Waals surface area contributed by atoms with E-state index in [9.17, 15) is 0 Å². The molecular weight excluding hydrogens is 144 g/mol. The van der Waals surface area contributed by atoms with Crippen molar-refractivity contribution in [3.63, 3.8) is 0 Å². The van der Waals surface area contributed by atoms with Crippen LogP contribution in [0.5, 0.6) is 0 Å². The molecule has 0 heterocycles. The Morgan fingerprint density at radius 3 is 1.83 bits per heavy atom. The molecule has 0 radical (unpaired) electrons. The molecule has 3 spiro atoms. The Morgan fingerprint density at radius 1 is 1.00 bits per heavy atom. The van der Waals surface area contributed by atoms with Gasteiger partial charge >= 0.3 is 0 Å².